The van der Waals surface area contributed by atoms with Crippen molar-refractivity contribution in [2.75, 3.05) is 0 Å². The van der Waals surface area contributed by atoms with Crippen LogP contribution < -0.4 is 11.3 Å². The first-order valence-corrected chi connectivity index (χ1v) is 12.4. The zero-order valence-electron chi connectivity index (χ0n) is 17.7. The number of rotatable bonds is 6. The number of nitrogens with two attached hydrogens (primary N) is 1. The van der Waals surface area contributed by atoms with E-state index in [-0.39, 0.29) is 5.56 Å². The molecule has 0 fully saturated rings. The Kier molecular flexibility index (Phi) is 5.65. The highest BCUT2D eigenvalue weighted by atomic mass is 32.2. The number of nitrogens with zero attached hydrogens (tertiary/aromatic N) is 2. The summed E-state index contributed by atoms with van der Waals surface area (Å²) in [6.45, 7) is 2.61. The third-order valence-electron chi connectivity index (χ3n) is 5.88. The van der Waals surface area contributed by atoms with Gasteiger partial charge in [-0.15, -0.1) is 11.3 Å². The maximum absolute atomic E-state index is 13.6. The van der Waals surface area contributed by atoms with Crippen molar-refractivity contribution < 1.29 is 9.21 Å². The van der Waals surface area contributed by atoms with Gasteiger partial charge >= 0.3 is 0 Å². The van der Waals surface area contributed by atoms with Crippen LogP contribution in [0, 0.1) is 5.92 Å². The average Bonchev–Trinajstić information content (AvgIpc) is 3.41. The van der Waals surface area contributed by atoms with Crippen molar-refractivity contribution in [1.29, 1.82) is 0 Å². The van der Waals surface area contributed by atoms with E-state index in [9.17, 15) is 9.59 Å². The van der Waals surface area contributed by atoms with E-state index in [4.69, 9.17) is 15.1 Å². The Bertz CT molecular complexity index is 1340. The maximum atomic E-state index is 13.6. The standard InChI is InChI=1S/C24H23N3O3S2/c1-14-4-9-18-19(11-14)32-22-20(18)23(29)27(12-17-3-2-10-30-17)24(26-22)31-13-15-5-7-16(8-6-15)21(25)28/h2-3,5-8,10,14H,4,9,11-13H2,1H3,(H2,25,28). The molecule has 0 aliphatic heterocycles. The molecule has 32 heavy (non-hydrogen) atoms. The summed E-state index contributed by atoms with van der Waals surface area (Å²) in [5, 5.41) is 1.45. The minimum Gasteiger partial charge on any atom is -0.467 e. The van der Waals surface area contributed by atoms with Gasteiger partial charge in [0.25, 0.3) is 5.56 Å². The predicted molar refractivity (Wildman–Crippen MR) is 127 cm³/mol. The molecule has 6 nitrogen and oxygen atoms in total. The summed E-state index contributed by atoms with van der Waals surface area (Å²) in [7, 11) is 0. The van der Waals surface area contributed by atoms with Crippen molar-refractivity contribution in [1.82, 2.24) is 9.55 Å². The SMILES string of the molecule is CC1CCc2c(sc3nc(SCc4ccc(C(N)=O)cc4)n(Cc4ccco4)c(=O)c23)C1. The summed E-state index contributed by atoms with van der Waals surface area (Å²) in [5.41, 5.74) is 8.03. The molecule has 1 aliphatic rings. The average molecular weight is 466 g/mol. The third-order valence-corrected chi connectivity index (χ3v) is 8.08. The number of carbonyl (C=O) groups is 1. The van der Waals surface area contributed by atoms with Crippen LogP contribution in [0.2, 0.25) is 0 Å². The molecule has 0 saturated heterocycles. The maximum Gasteiger partial charge on any atom is 0.263 e. The van der Waals surface area contributed by atoms with Gasteiger partial charge < -0.3 is 10.2 Å². The fourth-order valence-electron chi connectivity index (χ4n) is 4.13. The lowest BCUT2D eigenvalue weighted by molar-refractivity contribution is 0.100. The molecule has 0 saturated carbocycles. The first-order chi connectivity index (χ1) is 15.5. The third kappa shape index (κ3) is 4.00. The Morgan fingerprint density at radius 1 is 1.31 bits per heavy atom. The van der Waals surface area contributed by atoms with Gasteiger partial charge in [-0.05, 0) is 60.6 Å². The molecule has 3 heterocycles. The fourth-order valence-corrected chi connectivity index (χ4v) is 6.50. The van der Waals surface area contributed by atoms with Crippen LogP contribution in [-0.4, -0.2) is 15.5 Å². The number of aryl methyl sites for hydroxylation is 1. The van der Waals surface area contributed by atoms with Crippen molar-refractivity contribution in [3.63, 3.8) is 0 Å². The molecule has 2 N–H and O–H groups in total. The van der Waals surface area contributed by atoms with Crippen LogP contribution >= 0.6 is 23.1 Å². The monoisotopic (exact) mass is 465 g/mol. The van der Waals surface area contributed by atoms with Crippen molar-refractivity contribution >= 4 is 39.2 Å². The van der Waals surface area contributed by atoms with Crippen molar-refractivity contribution in [3.8, 4) is 0 Å². The minimum absolute atomic E-state index is 0.00466. The molecular weight excluding hydrogens is 442 g/mol. The highest BCUT2D eigenvalue weighted by Crippen LogP contribution is 2.37. The number of thioether (sulfide) groups is 1. The molecule has 0 bridgehead atoms. The van der Waals surface area contributed by atoms with Gasteiger partial charge in [0.1, 0.15) is 10.6 Å². The lowest BCUT2D eigenvalue weighted by Gasteiger charge is -2.17. The van der Waals surface area contributed by atoms with Crippen molar-refractivity contribution in [2.24, 2.45) is 11.7 Å². The van der Waals surface area contributed by atoms with Crippen LogP contribution in [0.25, 0.3) is 10.2 Å². The first-order valence-electron chi connectivity index (χ1n) is 10.6. The Morgan fingerprint density at radius 3 is 2.84 bits per heavy atom. The van der Waals surface area contributed by atoms with Gasteiger partial charge in [0.15, 0.2) is 5.16 Å². The van der Waals surface area contributed by atoms with Gasteiger partial charge in [0.05, 0.1) is 18.2 Å². The van der Waals surface area contributed by atoms with Crippen LogP contribution in [0.15, 0.2) is 57.0 Å². The number of carbonyl (C=O) groups excluding carboxylic acids is 1. The molecule has 3 aromatic heterocycles. The van der Waals surface area contributed by atoms with E-state index in [2.05, 4.69) is 6.92 Å². The van der Waals surface area contributed by atoms with Gasteiger partial charge in [-0.25, -0.2) is 4.98 Å². The lowest BCUT2D eigenvalue weighted by atomic mass is 9.89. The van der Waals surface area contributed by atoms with Crippen molar-refractivity contribution in [3.05, 3.63) is 80.3 Å². The normalized spacial score (nSPS) is 15.7. The zero-order chi connectivity index (χ0) is 22.2. The molecule has 1 unspecified atom stereocenters. The van der Waals surface area contributed by atoms with Crippen LogP contribution in [0.3, 0.4) is 0 Å². The van der Waals surface area contributed by atoms with E-state index in [1.165, 1.54) is 22.2 Å². The molecule has 1 atom stereocenters. The minimum atomic E-state index is -0.445. The summed E-state index contributed by atoms with van der Waals surface area (Å²) in [5.74, 6) is 1.54. The van der Waals surface area contributed by atoms with Crippen LogP contribution in [0.1, 0.15) is 45.5 Å². The molecule has 1 aliphatic carbocycles. The van der Waals surface area contributed by atoms with E-state index >= 15 is 0 Å². The summed E-state index contributed by atoms with van der Waals surface area (Å²) < 4.78 is 7.26. The second-order valence-corrected chi connectivity index (χ2v) is 10.3. The number of primary amides is 1. The van der Waals surface area contributed by atoms with Gasteiger partial charge in [-0.3, -0.25) is 14.2 Å². The predicted octanol–water partition coefficient (Wildman–Crippen LogP) is 4.62. The number of fused-ring (bicyclic) bond motifs is 3. The molecule has 1 aromatic carbocycles. The van der Waals surface area contributed by atoms with Crippen LogP contribution in [0.4, 0.5) is 0 Å². The Balaban J connectivity index is 1.53. The van der Waals surface area contributed by atoms with E-state index in [1.54, 1.807) is 34.3 Å². The molecule has 164 valence electrons. The van der Waals surface area contributed by atoms with E-state index in [0.717, 1.165) is 40.8 Å². The molecular formula is C24H23N3O3S2. The van der Waals surface area contributed by atoms with Gasteiger partial charge in [0, 0.05) is 16.2 Å². The number of thiophene rings is 1. The summed E-state index contributed by atoms with van der Waals surface area (Å²) in [6.07, 6.45) is 4.68. The number of amides is 1. The van der Waals surface area contributed by atoms with E-state index in [0.29, 0.717) is 28.9 Å². The molecule has 5 rings (SSSR count). The lowest BCUT2D eigenvalue weighted by Crippen LogP contribution is -2.24. The number of furan rings is 1. The summed E-state index contributed by atoms with van der Waals surface area (Å²) in [4.78, 5) is 32.0. The Hall–Kier alpha value is -2.84. The molecule has 0 radical (unpaired) electrons. The zero-order valence-corrected chi connectivity index (χ0v) is 19.3. The highest BCUT2D eigenvalue weighted by molar-refractivity contribution is 7.98. The van der Waals surface area contributed by atoms with Gasteiger partial charge in [-0.1, -0.05) is 30.8 Å². The number of aromatic nitrogens is 2. The summed E-state index contributed by atoms with van der Waals surface area (Å²) >= 11 is 3.18. The van der Waals surface area contributed by atoms with E-state index in [1.807, 2.05) is 24.3 Å². The highest BCUT2D eigenvalue weighted by Gasteiger charge is 2.25. The number of benzene rings is 1. The van der Waals surface area contributed by atoms with E-state index < -0.39 is 5.91 Å². The Morgan fingerprint density at radius 2 is 2.12 bits per heavy atom. The number of hydrogen-bond acceptors (Lipinski definition) is 6. The van der Waals surface area contributed by atoms with Crippen molar-refractivity contribution in [2.45, 2.75) is 43.6 Å². The quantitative estimate of drug-likeness (QED) is 0.332. The fraction of sp³-hybridized carbons (Fsp3) is 0.292. The topological polar surface area (TPSA) is 91.1 Å². The molecule has 8 heteroatoms. The second-order valence-electron chi connectivity index (χ2n) is 8.25. The smallest absolute Gasteiger partial charge is 0.263 e. The molecule has 4 aromatic rings. The molecule has 0 spiro atoms. The van der Waals surface area contributed by atoms with Gasteiger partial charge in [-0.2, -0.15) is 0 Å². The Labute approximate surface area is 193 Å². The van der Waals surface area contributed by atoms with Gasteiger partial charge in [0.2, 0.25) is 5.91 Å². The first kappa shape index (κ1) is 21.0. The second kappa shape index (κ2) is 8.60. The number of hydrogen-bond donors (Lipinski definition) is 1. The summed E-state index contributed by atoms with van der Waals surface area (Å²) in [6, 6.07) is 10.9. The van der Waals surface area contributed by atoms with Crippen LogP contribution in [0.5, 0.6) is 0 Å². The van der Waals surface area contributed by atoms with Crippen LogP contribution in [-0.2, 0) is 25.1 Å². The molecule has 1 amide bonds. The largest absolute Gasteiger partial charge is 0.467 e.